The Morgan fingerprint density at radius 3 is 2.68 bits per heavy atom. The normalized spacial score (nSPS) is 14.6. The van der Waals surface area contributed by atoms with E-state index in [1.165, 1.54) is 12.1 Å². The first kappa shape index (κ1) is 24.4. The van der Waals surface area contributed by atoms with E-state index in [0.717, 1.165) is 66.6 Å². The van der Waals surface area contributed by atoms with Crippen molar-refractivity contribution >= 4 is 27.6 Å². The molecule has 1 fully saturated rings. The second-order valence-corrected chi connectivity index (χ2v) is 9.42. The van der Waals surface area contributed by atoms with Gasteiger partial charge < -0.3 is 19.9 Å². The lowest BCUT2D eigenvalue weighted by Gasteiger charge is -2.40. The second-order valence-electron chi connectivity index (χ2n) is 9.42. The predicted octanol–water partition coefficient (Wildman–Crippen LogP) is 3.81. The molecule has 0 aliphatic carbocycles. The van der Waals surface area contributed by atoms with Gasteiger partial charge in [-0.1, -0.05) is 5.21 Å². The molecule has 0 atom stereocenters. The smallest absolute Gasteiger partial charge is 0.375 e. The molecule has 10 nitrogen and oxygen atoms in total. The minimum atomic E-state index is -4.34. The summed E-state index contributed by atoms with van der Waals surface area (Å²) < 4.78 is 46.6. The molecule has 1 aliphatic heterocycles. The highest BCUT2D eigenvalue weighted by Crippen LogP contribution is 2.32. The molecule has 0 bridgehead atoms. The van der Waals surface area contributed by atoms with Crippen molar-refractivity contribution in [2.75, 3.05) is 31.1 Å². The molecule has 0 unspecified atom stereocenters. The number of alkyl halides is 3. The maximum Gasteiger partial charge on any atom is 0.416 e. The number of nitrogens with zero attached hydrogens (tertiary/aromatic N) is 6. The van der Waals surface area contributed by atoms with E-state index in [1.54, 1.807) is 18.7 Å². The molecule has 5 aromatic rings. The van der Waals surface area contributed by atoms with Crippen LogP contribution in [0.3, 0.4) is 0 Å². The van der Waals surface area contributed by atoms with Crippen LogP contribution in [0, 0.1) is 0 Å². The summed E-state index contributed by atoms with van der Waals surface area (Å²) in [4.78, 5) is 5.39. The molecular formula is C25H26F3N9O. The number of fused-ring (bicyclic) bond motifs is 2. The van der Waals surface area contributed by atoms with Crippen molar-refractivity contribution in [3.63, 3.8) is 0 Å². The van der Waals surface area contributed by atoms with Crippen LogP contribution >= 0.6 is 0 Å². The van der Waals surface area contributed by atoms with Gasteiger partial charge in [0.05, 0.1) is 28.6 Å². The van der Waals surface area contributed by atoms with Gasteiger partial charge in [0, 0.05) is 42.8 Å². The predicted molar refractivity (Wildman–Crippen MR) is 135 cm³/mol. The zero-order chi connectivity index (χ0) is 26.1. The summed E-state index contributed by atoms with van der Waals surface area (Å²) >= 11 is 0. The average molecular weight is 526 g/mol. The highest BCUT2D eigenvalue weighted by atomic mass is 19.4. The molecule has 3 aromatic heterocycles. The average Bonchev–Trinajstić information content (AvgIpc) is 3.63. The molecule has 2 aromatic carbocycles. The fourth-order valence-corrected chi connectivity index (χ4v) is 4.68. The first-order valence-corrected chi connectivity index (χ1v) is 12.4. The molecular weight excluding hydrogens is 499 g/mol. The number of benzene rings is 2. The lowest BCUT2D eigenvalue weighted by molar-refractivity contribution is -0.137. The Kier molecular flexibility index (Phi) is 6.45. The Bertz CT molecular complexity index is 1520. The van der Waals surface area contributed by atoms with Gasteiger partial charge >= 0.3 is 6.18 Å². The quantitative estimate of drug-likeness (QED) is 0.238. The van der Waals surface area contributed by atoms with Crippen molar-refractivity contribution in [3.05, 3.63) is 60.3 Å². The van der Waals surface area contributed by atoms with Crippen molar-refractivity contribution in [1.82, 2.24) is 40.5 Å². The molecule has 1 aliphatic rings. The number of hydrogen-bond donors (Lipinski definition) is 3. The van der Waals surface area contributed by atoms with Gasteiger partial charge in [-0.3, -0.25) is 9.67 Å². The van der Waals surface area contributed by atoms with Crippen LogP contribution in [0.1, 0.15) is 24.1 Å². The van der Waals surface area contributed by atoms with Crippen molar-refractivity contribution < 1.29 is 17.9 Å². The van der Waals surface area contributed by atoms with Crippen molar-refractivity contribution in [2.24, 2.45) is 0 Å². The number of rotatable bonds is 10. The van der Waals surface area contributed by atoms with Crippen LogP contribution in [-0.2, 0) is 17.5 Å². The maximum atomic E-state index is 12.9. The van der Waals surface area contributed by atoms with E-state index >= 15 is 0 Å². The SMILES string of the molecule is FC(F)(F)c1ccc2[nH]c(CNCCCCOC3CN(c4cc(-n5cnnc5)cc5[nH]nnc45)C3)cc2c1. The summed E-state index contributed by atoms with van der Waals surface area (Å²) in [5, 5.41) is 22.8. The second kappa shape index (κ2) is 10.1. The molecule has 4 heterocycles. The summed E-state index contributed by atoms with van der Waals surface area (Å²) in [6, 6.07) is 9.53. The van der Waals surface area contributed by atoms with Gasteiger partial charge in [0.2, 0.25) is 0 Å². The fraction of sp³-hybridized carbons (Fsp3) is 0.360. The number of aromatic nitrogens is 7. The summed E-state index contributed by atoms with van der Waals surface area (Å²) in [6.07, 6.45) is 0.989. The van der Waals surface area contributed by atoms with Gasteiger partial charge in [0.25, 0.3) is 0 Å². The molecule has 6 rings (SSSR count). The number of halogens is 3. The molecule has 1 saturated heterocycles. The Balaban J connectivity index is 0.919. The van der Waals surface area contributed by atoms with E-state index in [0.29, 0.717) is 24.1 Å². The highest BCUT2D eigenvalue weighted by Gasteiger charge is 2.31. The summed E-state index contributed by atoms with van der Waals surface area (Å²) in [7, 11) is 0. The van der Waals surface area contributed by atoms with E-state index in [1.807, 2.05) is 10.6 Å². The first-order chi connectivity index (χ1) is 18.4. The first-order valence-electron chi connectivity index (χ1n) is 12.4. The third-order valence-electron chi connectivity index (χ3n) is 6.72. The van der Waals surface area contributed by atoms with Crippen molar-refractivity contribution in [2.45, 2.75) is 31.7 Å². The lowest BCUT2D eigenvalue weighted by atomic mass is 10.1. The van der Waals surface area contributed by atoms with E-state index in [9.17, 15) is 13.2 Å². The number of hydrogen-bond acceptors (Lipinski definition) is 7. The van der Waals surface area contributed by atoms with Crippen LogP contribution in [0.25, 0.3) is 27.6 Å². The number of H-pyrrole nitrogens is 2. The molecule has 38 heavy (non-hydrogen) atoms. The van der Waals surface area contributed by atoms with Gasteiger partial charge in [0.15, 0.2) is 0 Å². The zero-order valence-electron chi connectivity index (χ0n) is 20.4. The highest BCUT2D eigenvalue weighted by molar-refractivity contribution is 5.90. The van der Waals surface area contributed by atoms with Gasteiger partial charge in [-0.2, -0.15) is 13.2 Å². The fourth-order valence-electron chi connectivity index (χ4n) is 4.68. The number of aromatic amines is 2. The number of ether oxygens (including phenoxy) is 1. The van der Waals surface area contributed by atoms with E-state index in [-0.39, 0.29) is 6.10 Å². The van der Waals surface area contributed by atoms with Crippen molar-refractivity contribution in [3.8, 4) is 5.69 Å². The Labute approximate surface area is 215 Å². The van der Waals surface area contributed by atoms with Crippen LogP contribution in [0.4, 0.5) is 18.9 Å². The third kappa shape index (κ3) is 5.07. The Morgan fingerprint density at radius 2 is 1.87 bits per heavy atom. The van der Waals surface area contributed by atoms with Gasteiger partial charge in [-0.25, -0.2) is 0 Å². The number of anilines is 1. The van der Waals surface area contributed by atoms with Gasteiger partial charge in [-0.05, 0) is 55.8 Å². The molecule has 0 spiro atoms. The summed E-state index contributed by atoms with van der Waals surface area (Å²) in [6.45, 7) is 3.60. The zero-order valence-corrected chi connectivity index (χ0v) is 20.4. The van der Waals surface area contributed by atoms with E-state index in [2.05, 4.69) is 46.9 Å². The largest absolute Gasteiger partial charge is 0.416 e. The lowest BCUT2D eigenvalue weighted by Crippen LogP contribution is -2.52. The minimum absolute atomic E-state index is 0.163. The molecule has 0 amide bonds. The van der Waals surface area contributed by atoms with E-state index in [4.69, 9.17) is 4.74 Å². The molecule has 3 N–H and O–H groups in total. The van der Waals surface area contributed by atoms with Crippen molar-refractivity contribution in [1.29, 1.82) is 0 Å². The topological polar surface area (TPSA) is 113 Å². The van der Waals surface area contributed by atoms with Crippen LogP contribution in [-0.4, -0.2) is 67.5 Å². The van der Waals surface area contributed by atoms with Crippen LogP contribution in [0.5, 0.6) is 0 Å². The summed E-state index contributed by atoms with van der Waals surface area (Å²) in [5.74, 6) is 0. The standard InChI is InChI=1S/C25H26F3N9O/c26-25(27,28)17-3-4-21-16(7-17)8-18(32-21)11-29-5-1-2-6-38-20-12-36(13-20)23-10-19(37-14-30-31-15-37)9-22-24(23)34-35-33-22/h3-4,7-10,14-15,20,29,32H,1-2,5-6,11-13H2,(H,33,34,35). The van der Waals surface area contributed by atoms with Crippen LogP contribution in [0.2, 0.25) is 0 Å². The van der Waals surface area contributed by atoms with Crippen LogP contribution < -0.4 is 10.2 Å². The maximum absolute atomic E-state index is 12.9. The Morgan fingerprint density at radius 1 is 1.03 bits per heavy atom. The molecule has 13 heteroatoms. The number of nitrogens with one attached hydrogen (secondary N) is 3. The summed E-state index contributed by atoms with van der Waals surface area (Å²) in [5.41, 5.74) is 4.52. The molecule has 0 saturated carbocycles. The van der Waals surface area contributed by atoms with Crippen LogP contribution in [0.15, 0.2) is 49.1 Å². The third-order valence-corrected chi connectivity index (χ3v) is 6.72. The number of unbranched alkanes of at least 4 members (excludes halogenated alkanes) is 1. The minimum Gasteiger partial charge on any atom is -0.375 e. The molecule has 198 valence electrons. The molecule has 0 radical (unpaired) electrons. The monoisotopic (exact) mass is 525 g/mol. The van der Waals surface area contributed by atoms with Gasteiger partial charge in [0.1, 0.15) is 18.2 Å². The Hall–Kier alpha value is -3.97. The van der Waals surface area contributed by atoms with Gasteiger partial charge in [-0.15, -0.1) is 15.3 Å². The van der Waals surface area contributed by atoms with E-state index < -0.39 is 11.7 Å².